The predicted molar refractivity (Wildman–Crippen MR) is 113 cm³/mol. The number of nitrogens with zero attached hydrogens (tertiary/aromatic N) is 1. The van der Waals surface area contributed by atoms with Crippen molar-refractivity contribution in [1.82, 2.24) is 14.9 Å². The molecule has 0 bridgehead atoms. The van der Waals surface area contributed by atoms with E-state index < -0.39 is 16.1 Å². The fourth-order valence-electron chi connectivity index (χ4n) is 3.56. The number of nitrogen functional groups attached to an aromatic ring is 1. The number of halogens is 1. The van der Waals surface area contributed by atoms with E-state index in [0.717, 1.165) is 6.26 Å². The second-order valence-corrected chi connectivity index (χ2v) is 9.69. The third kappa shape index (κ3) is 5.67. The van der Waals surface area contributed by atoms with Gasteiger partial charge in [-0.1, -0.05) is 11.6 Å². The number of piperidine rings is 1. The van der Waals surface area contributed by atoms with E-state index in [1.807, 2.05) is 4.90 Å². The van der Waals surface area contributed by atoms with Crippen LogP contribution in [0.3, 0.4) is 0 Å². The van der Waals surface area contributed by atoms with E-state index >= 15 is 0 Å². The van der Waals surface area contributed by atoms with Gasteiger partial charge in [0.25, 0.3) is 5.91 Å². The van der Waals surface area contributed by atoms with Crippen molar-refractivity contribution in [2.24, 2.45) is 5.92 Å². The molecule has 168 valence electrons. The van der Waals surface area contributed by atoms with E-state index in [-0.39, 0.29) is 52.7 Å². The highest BCUT2D eigenvalue weighted by Gasteiger charge is 2.29. The normalized spacial score (nSPS) is 22.0. The molecule has 1 unspecified atom stereocenters. The molecule has 10 nitrogen and oxygen atoms in total. The molecule has 5 N–H and O–H groups in total. The lowest BCUT2D eigenvalue weighted by Crippen LogP contribution is -2.49. The Kier molecular flexibility index (Phi) is 7.30. The summed E-state index contributed by atoms with van der Waals surface area (Å²) in [5.74, 6) is 0.0358. The Morgan fingerprint density at radius 2 is 2.07 bits per heavy atom. The van der Waals surface area contributed by atoms with Gasteiger partial charge in [-0.2, -0.15) is 0 Å². The highest BCUT2D eigenvalue weighted by molar-refractivity contribution is 7.88. The summed E-state index contributed by atoms with van der Waals surface area (Å²) in [5.41, 5.74) is 6.36. The van der Waals surface area contributed by atoms with Crippen LogP contribution < -0.4 is 25.2 Å². The number of hydrogen-bond donors (Lipinski definition) is 4. The van der Waals surface area contributed by atoms with Gasteiger partial charge >= 0.3 is 0 Å². The van der Waals surface area contributed by atoms with Gasteiger partial charge in [-0.15, -0.1) is 0 Å². The van der Waals surface area contributed by atoms with E-state index in [2.05, 4.69) is 10.0 Å². The first-order valence-corrected chi connectivity index (χ1v) is 11.9. The Bertz CT molecular complexity index is 897. The van der Waals surface area contributed by atoms with Gasteiger partial charge < -0.3 is 25.6 Å². The Morgan fingerprint density at radius 1 is 1.37 bits per heavy atom. The highest BCUT2D eigenvalue weighted by Crippen LogP contribution is 2.43. The molecule has 1 fully saturated rings. The molecule has 0 radical (unpaired) electrons. The molecule has 0 saturated carbocycles. The van der Waals surface area contributed by atoms with Gasteiger partial charge in [0.15, 0.2) is 11.5 Å². The van der Waals surface area contributed by atoms with E-state index in [4.69, 9.17) is 26.8 Å². The van der Waals surface area contributed by atoms with Gasteiger partial charge in [0.05, 0.1) is 23.6 Å². The fourth-order valence-corrected chi connectivity index (χ4v) is 4.22. The number of carbonyl (C=O) groups is 1. The minimum Gasteiger partial charge on any atom is -0.485 e. The molecular weight excluding hydrogens is 436 g/mol. The van der Waals surface area contributed by atoms with Gasteiger partial charge in [0.2, 0.25) is 10.0 Å². The molecule has 2 atom stereocenters. The minimum absolute atomic E-state index is 0.120. The number of amides is 1. The molecule has 1 amide bonds. The summed E-state index contributed by atoms with van der Waals surface area (Å²) in [7, 11) is -3.23. The second kappa shape index (κ2) is 9.56. The van der Waals surface area contributed by atoms with Crippen molar-refractivity contribution in [2.75, 3.05) is 57.9 Å². The third-order valence-electron chi connectivity index (χ3n) is 5.15. The maximum absolute atomic E-state index is 12.7. The summed E-state index contributed by atoms with van der Waals surface area (Å²) in [6.07, 6.45) is 1.14. The van der Waals surface area contributed by atoms with E-state index in [9.17, 15) is 18.3 Å². The monoisotopic (exact) mass is 462 g/mol. The molecule has 1 aromatic carbocycles. The fraction of sp³-hybridized carbons (Fsp3) is 0.611. The van der Waals surface area contributed by atoms with Crippen LogP contribution in [0, 0.1) is 5.92 Å². The molecule has 0 aliphatic carbocycles. The number of hydrogen-bond acceptors (Lipinski definition) is 8. The van der Waals surface area contributed by atoms with Crippen molar-refractivity contribution in [2.45, 2.75) is 12.5 Å². The molecule has 30 heavy (non-hydrogen) atoms. The Balaban J connectivity index is 1.54. The summed E-state index contributed by atoms with van der Waals surface area (Å²) in [6, 6.07) is 1.46. The SMILES string of the molecule is CS(=O)(=O)NCCN1CC[C@@H](CNC(=O)c2cc(N)c(Cl)c3c2OCCO3)C(O)C1. The smallest absolute Gasteiger partial charge is 0.255 e. The average Bonchev–Trinajstić information content (AvgIpc) is 2.69. The zero-order valence-corrected chi connectivity index (χ0v) is 18.3. The molecule has 2 heterocycles. The number of aliphatic hydroxyl groups is 1. The summed E-state index contributed by atoms with van der Waals surface area (Å²) in [6.45, 7) is 2.82. The van der Waals surface area contributed by atoms with Crippen molar-refractivity contribution in [3.05, 3.63) is 16.7 Å². The molecule has 1 saturated heterocycles. The number of ether oxygens (including phenoxy) is 2. The summed E-state index contributed by atoms with van der Waals surface area (Å²) in [5, 5.41) is 13.5. The lowest BCUT2D eigenvalue weighted by atomic mass is 9.93. The highest BCUT2D eigenvalue weighted by atomic mass is 35.5. The van der Waals surface area contributed by atoms with Crippen LogP contribution in [0.1, 0.15) is 16.8 Å². The Hall–Kier alpha value is -1.79. The first kappa shape index (κ1) is 22.9. The summed E-state index contributed by atoms with van der Waals surface area (Å²) < 4.78 is 35.8. The van der Waals surface area contributed by atoms with Gasteiger partial charge in [0.1, 0.15) is 18.2 Å². The van der Waals surface area contributed by atoms with Gasteiger partial charge in [0, 0.05) is 32.1 Å². The number of anilines is 1. The Labute approximate surface area is 180 Å². The number of rotatable bonds is 7. The van der Waals surface area contributed by atoms with E-state index in [0.29, 0.717) is 39.3 Å². The van der Waals surface area contributed by atoms with Crippen molar-refractivity contribution in [3.8, 4) is 11.5 Å². The van der Waals surface area contributed by atoms with Crippen LogP contribution in [-0.2, 0) is 10.0 Å². The number of fused-ring (bicyclic) bond motifs is 1. The first-order chi connectivity index (χ1) is 14.2. The summed E-state index contributed by atoms with van der Waals surface area (Å²) >= 11 is 6.14. The summed E-state index contributed by atoms with van der Waals surface area (Å²) in [4.78, 5) is 14.7. The number of nitrogens with two attached hydrogens (primary N) is 1. The van der Waals surface area contributed by atoms with Gasteiger partial charge in [-0.25, -0.2) is 13.1 Å². The van der Waals surface area contributed by atoms with Crippen LogP contribution in [0.4, 0.5) is 5.69 Å². The van der Waals surface area contributed by atoms with Crippen LogP contribution in [0.2, 0.25) is 5.02 Å². The van der Waals surface area contributed by atoms with Crippen LogP contribution in [0.15, 0.2) is 6.07 Å². The predicted octanol–water partition coefficient (Wildman–Crippen LogP) is -0.345. The van der Waals surface area contributed by atoms with Crippen molar-refractivity contribution in [3.63, 3.8) is 0 Å². The van der Waals surface area contributed by atoms with E-state index in [1.165, 1.54) is 6.07 Å². The van der Waals surface area contributed by atoms with Crippen LogP contribution in [-0.4, -0.2) is 82.6 Å². The first-order valence-electron chi connectivity index (χ1n) is 9.66. The number of β-amino-alcohol motifs (C(OH)–C–C–N with tert-alkyl or cyclic N) is 1. The zero-order chi connectivity index (χ0) is 21.9. The third-order valence-corrected chi connectivity index (χ3v) is 6.27. The molecule has 1 aromatic rings. The number of likely N-dealkylation sites (tertiary alicyclic amines) is 1. The molecule has 0 aromatic heterocycles. The van der Waals surface area contributed by atoms with Gasteiger partial charge in [-0.3, -0.25) is 9.69 Å². The standard InChI is InChI=1S/C18H27ClN4O6S/c1-30(26,27)22-3-5-23-4-2-11(14(24)10-23)9-21-18(25)12-8-13(20)15(19)17-16(12)28-6-7-29-17/h8,11,14,22,24H,2-7,9-10,20H2,1H3,(H,21,25)/t11-,14?/m0/s1. The Morgan fingerprint density at radius 3 is 2.73 bits per heavy atom. The number of aliphatic hydroxyl groups excluding tert-OH is 1. The lowest BCUT2D eigenvalue weighted by molar-refractivity contribution is 0.0231. The molecular formula is C18H27ClN4O6S. The molecule has 0 spiro atoms. The second-order valence-electron chi connectivity index (χ2n) is 7.48. The number of carbonyl (C=O) groups excluding carboxylic acids is 1. The zero-order valence-electron chi connectivity index (χ0n) is 16.7. The quantitative estimate of drug-likeness (QED) is 0.403. The van der Waals surface area contributed by atoms with Crippen molar-refractivity contribution in [1.29, 1.82) is 0 Å². The largest absolute Gasteiger partial charge is 0.485 e. The number of benzene rings is 1. The minimum atomic E-state index is -3.23. The maximum Gasteiger partial charge on any atom is 0.255 e. The van der Waals surface area contributed by atoms with Crippen LogP contribution >= 0.6 is 11.6 Å². The maximum atomic E-state index is 12.7. The van der Waals surface area contributed by atoms with E-state index in [1.54, 1.807) is 0 Å². The molecule has 2 aliphatic heterocycles. The lowest BCUT2D eigenvalue weighted by Gasteiger charge is -2.36. The van der Waals surface area contributed by atoms with Crippen molar-refractivity contribution >= 4 is 33.2 Å². The molecule has 12 heteroatoms. The number of sulfonamides is 1. The van der Waals surface area contributed by atoms with Crippen molar-refractivity contribution < 1.29 is 27.8 Å². The van der Waals surface area contributed by atoms with Crippen LogP contribution in [0.5, 0.6) is 11.5 Å². The number of nitrogens with one attached hydrogen (secondary N) is 2. The molecule has 3 rings (SSSR count). The average molecular weight is 463 g/mol. The topological polar surface area (TPSA) is 143 Å². The van der Waals surface area contributed by atoms with Gasteiger partial charge in [-0.05, 0) is 19.0 Å². The van der Waals surface area contributed by atoms with Crippen LogP contribution in [0.25, 0.3) is 0 Å². The molecule has 2 aliphatic rings.